The van der Waals surface area contributed by atoms with E-state index in [1.165, 1.54) is 0 Å². The average Bonchev–Trinajstić information content (AvgIpc) is 2.64. The van der Waals surface area contributed by atoms with Gasteiger partial charge in [0.1, 0.15) is 6.54 Å². The lowest BCUT2D eigenvalue weighted by Gasteiger charge is -2.14. The summed E-state index contributed by atoms with van der Waals surface area (Å²) >= 11 is 3.59. The van der Waals surface area contributed by atoms with Gasteiger partial charge in [-0.25, -0.2) is 0 Å². The van der Waals surface area contributed by atoms with Crippen molar-refractivity contribution in [2.24, 2.45) is 0 Å². The minimum Gasteiger partial charge on any atom is -0.490 e. The molecule has 0 saturated heterocycles. The largest absolute Gasteiger partial charge is 0.490 e. The molecule has 6 heteroatoms. The fraction of sp³-hybridized carbons (Fsp3) is 0.350. The summed E-state index contributed by atoms with van der Waals surface area (Å²) in [6, 6.07) is 13.2. The lowest BCUT2D eigenvalue weighted by atomic mass is 10.2. The smallest absolute Gasteiger partial charge is 0.262 e. The van der Waals surface area contributed by atoms with Crippen LogP contribution in [0.4, 0.5) is 5.69 Å². The maximum absolute atomic E-state index is 12.1. The van der Waals surface area contributed by atoms with Crippen LogP contribution in [0.1, 0.15) is 25.8 Å². The zero-order valence-electron chi connectivity index (χ0n) is 15.3. The van der Waals surface area contributed by atoms with Crippen molar-refractivity contribution < 1.29 is 19.6 Å². The molecule has 0 fully saturated rings. The molecule has 2 aromatic rings. The summed E-state index contributed by atoms with van der Waals surface area (Å²) in [4.78, 5) is 12.1. The molecule has 140 valence electrons. The molecule has 26 heavy (non-hydrogen) atoms. The molecule has 0 aliphatic carbocycles. The van der Waals surface area contributed by atoms with E-state index in [9.17, 15) is 4.79 Å². The van der Waals surface area contributed by atoms with Gasteiger partial charge in [-0.15, -0.1) is 0 Å². The molecule has 0 aromatic heterocycles. The number of nitrogens with two attached hydrogens (primary N) is 1. The number of halogens is 1. The molecular formula is C20H26BrN2O3+. The molecule has 0 radical (unpaired) electrons. The van der Waals surface area contributed by atoms with Crippen LogP contribution in [0, 0.1) is 0 Å². The third kappa shape index (κ3) is 6.35. The molecule has 0 bridgehead atoms. The van der Waals surface area contributed by atoms with Gasteiger partial charge >= 0.3 is 0 Å². The van der Waals surface area contributed by atoms with Gasteiger partial charge in [-0.05, 0) is 37.6 Å². The number of nitrogens with one attached hydrogen (secondary N) is 1. The lowest BCUT2D eigenvalue weighted by molar-refractivity contribution is -0.670. The van der Waals surface area contributed by atoms with Crippen molar-refractivity contribution in [2.45, 2.75) is 26.8 Å². The highest BCUT2D eigenvalue weighted by molar-refractivity contribution is 9.10. The highest BCUT2D eigenvalue weighted by Crippen LogP contribution is 2.33. The van der Waals surface area contributed by atoms with E-state index in [0.29, 0.717) is 18.1 Å². The molecule has 3 N–H and O–H groups in total. The van der Waals surface area contributed by atoms with Crippen molar-refractivity contribution >= 4 is 27.5 Å². The van der Waals surface area contributed by atoms with Crippen LogP contribution in [0.2, 0.25) is 0 Å². The minimum absolute atomic E-state index is 0.0806. The molecule has 2 aromatic carbocycles. The Kier molecular flexibility index (Phi) is 8.44. The van der Waals surface area contributed by atoms with E-state index in [-0.39, 0.29) is 12.5 Å². The van der Waals surface area contributed by atoms with Gasteiger partial charge in [0.25, 0.3) is 5.91 Å². The first-order valence-electron chi connectivity index (χ1n) is 8.88. The predicted octanol–water partition coefficient (Wildman–Crippen LogP) is 3.34. The third-order valence-electron chi connectivity index (χ3n) is 3.69. The Morgan fingerprint density at radius 1 is 1.12 bits per heavy atom. The van der Waals surface area contributed by atoms with E-state index in [4.69, 9.17) is 9.47 Å². The van der Waals surface area contributed by atoms with Crippen LogP contribution in [0.3, 0.4) is 0 Å². The molecule has 0 saturated carbocycles. The van der Waals surface area contributed by atoms with E-state index in [1.807, 2.05) is 49.4 Å². The lowest BCUT2D eigenvalue weighted by Crippen LogP contribution is -2.82. The van der Waals surface area contributed by atoms with Gasteiger partial charge in [-0.1, -0.05) is 41.1 Å². The monoisotopic (exact) mass is 421 g/mol. The predicted molar refractivity (Wildman–Crippen MR) is 107 cm³/mol. The molecular weight excluding hydrogens is 396 g/mol. The van der Waals surface area contributed by atoms with Gasteiger partial charge in [0.05, 0.1) is 13.2 Å². The highest BCUT2D eigenvalue weighted by atomic mass is 79.9. The second-order valence-corrected chi connectivity index (χ2v) is 6.66. The number of rotatable bonds is 10. The Bertz CT molecular complexity index is 708. The number of amides is 1. The molecule has 1 amide bonds. The van der Waals surface area contributed by atoms with Crippen LogP contribution in [0.15, 0.2) is 46.9 Å². The number of ether oxygens (including phenoxy) is 2. The van der Waals surface area contributed by atoms with Gasteiger partial charge in [0.2, 0.25) is 0 Å². The van der Waals surface area contributed by atoms with Crippen LogP contribution in [0.5, 0.6) is 11.5 Å². The number of hydrogen-bond donors (Lipinski definition) is 2. The summed E-state index contributed by atoms with van der Waals surface area (Å²) in [5.74, 6) is 0.999. The van der Waals surface area contributed by atoms with Crippen LogP contribution < -0.4 is 20.1 Å². The number of hydrogen-bond acceptors (Lipinski definition) is 3. The quantitative estimate of drug-likeness (QED) is 0.578. The summed E-state index contributed by atoms with van der Waals surface area (Å²) in [7, 11) is 0. The summed E-state index contributed by atoms with van der Waals surface area (Å²) in [5.41, 5.74) is 1.89. The van der Waals surface area contributed by atoms with Crippen molar-refractivity contribution in [1.82, 2.24) is 0 Å². The van der Waals surface area contributed by atoms with Crippen molar-refractivity contribution in [2.75, 3.05) is 25.1 Å². The Morgan fingerprint density at radius 3 is 2.54 bits per heavy atom. The second-order valence-electron chi connectivity index (χ2n) is 5.81. The van der Waals surface area contributed by atoms with Gasteiger partial charge in [0.15, 0.2) is 18.1 Å². The van der Waals surface area contributed by atoms with Crippen LogP contribution in [-0.4, -0.2) is 25.7 Å². The average molecular weight is 422 g/mol. The first kappa shape index (κ1) is 20.3. The van der Waals surface area contributed by atoms with E-state index in [1.54, 1.807) is 0 Å². The van der Waals surface area contributed by atoms with Crippen molar-refractivity contribution in [1.29, 1.82) is 0 Å². The number of benzene rings is 2. The summed E-state index contributed by atoms with van der Waals surface area (Å²) in [5, 5.41) is 5.06. The molecule has 0 spiro atoms. The van der Waals surface area contributed by atoms with E-state index >= 15 is 0 Å². The Morgan fingerprint density at radius 2 is 1.85 bits per heavy atom. The number of para-hydroxylation sites is 1. The standard InChI is InChI=1S/C20H25BrN2O3/c1-3-10-22-13-15-11-18(25-4-2)19(12-17(15)21)26-14-20(24)23-16-8-6-5-7-9-16/h5-9,11-12,22H,3-4,10,13-14H2,1-2H3,(H,23,24)/p+1. The summed E-state index contributed by atoms with van der Waals surface area (Å²) in [6.07, 6.45) is 1.13. The van der Waals surface area contributed by atoms with Gasteiger partial charge < -0.3 is 20.1 Å². The normalized spacial score (nSPS) is 10.4. The summed E-state index contributed by atoms with van der Waals surface area (Å²) in [6.45, 7) is 6.48. The minimum atomic E-state index is -0.213. The number of carbonyl (C=O) groups is 1. The van der Waals surface area contributed by atoms with Crippen molar-refractivity contribution in [3.05, 3.63) is 52.5 Å². The summed E-state index contributed by atoms with van der Waals surface area (Å²) < 4.78 is 12.4. The Labute approximate surface area is 163 Å². The molecule has 2 rings (SSSR count). The molecule has 0 atom stereocenters. The van der Waals surface area contributed by atoms with Crippen molar-refractivity contribution in [3.8, 4) is 11.5 Å². The molecule has 0 heterocycles. The topological polar surface area (TPSA) is 64.2 Å². The van der Waals surface area contributed by atoms with Crippen LogP contribution >= 0.6 is 15.9 Å². The fourth-order valence-electron chi connectivity index (χ4n) is 2.44. The van der Waals surface area contributed by atoms with Crippen LogP contribution in [0.25, 0.3) is 0 Å². The number of carbonyl (C=O) groups excluding carboxylic acids is 1. The van der Waals surface area contributed by atoms with Gasteiger partial charge in [0, 0.05) is 15.7 Å². The zero-order chi connectivity index (χ0) is 18.8. The van der Waals surface area contributed by atoms with Crippen LogP contribution in [-0.2, 0) is 11.3 Å². The first-order chi connectivity index (χ1) is 12.6. The Balaban J connectivity index is 2.02. The van der Waals surface area contributed by atoms with Gasteiger partial charge in [-0.2, -0.15) is 0 Å². The maximum Gasteiger partial charge on any atom is 0.262 e. The van der Waals surface area contributed by atoms with Crippen molar-refractivity contribution in [3.63, 3.8) is 0 Å². The molecule has 0 aliphatic rings. The van der Waals surface area contributed by atoms with Gasteiger partial charge in [-0.3, -0.25) is 4.79 Å². The zero-order valence-corrected chi connectivity index (χ0v) is 16.8. The fourth-order valence-corrected chi connectivity index (χ4v) is 2.92. The Hall–Kier alpha value is -2.05. The second kappa shape index (κ2) is 10.8. The first-order valence-corrected chi connectivity index (χ1v) is 9.67. The molecule has 0 aliphatic heterocycles. The van der Waals surface area contributed by atoms with E-state index in [2.05, 4.69) is 33.5 Å². The van der Waals surface area contributed by atoms with E-state index in [0.717, 1.165) is 35.2 Å². The van der Waals surface area contributed by atoms with E-state index < -0.39 is 0 Å². The SMILES string of the molecule is CCC[NH2+]Cc1cc(OCC)c(OCC(=O)Nc2ccccc2)cc1Br. The highest BCUT2D eigenvalue weighted by Gasteiger charge is 2.13. The molecule has 0 unspecified atom stereocenters. The number of quaternary nitrogens is 1. The molecule has 5 nitrogen and oxygen atoms in total. The maximum atomic E-state index is 12.1. The number of anilines is 1. The third-order valence-corrected chi connectivity index (χ3v) is 4.42.